The van der Waals surface area contributed by atoms with Gasteiger partial charge in [0.25, 0.3) is 0 Å². The molecule has 1 aromatic carbocycles. The predicted molar refractivity (Wildman–Crippen MR) is 62.1 cm³/mol. The van der Waals surface area contributed by atoms with Crippen LogP contribution in [0.25, 0.3) is 10.9 Å². The summed E-state index contributed by atoms with van der Waals surface area (Å²) in [6.45, 7) is 0.575. The minimum Gasteiger partial charge on any atom is -0.493 e. The largest absolute Gasteiger partial charge is 0.493 e. The Morgan fingerprint density at radius 1 is 1.31 bits per heavy atom. The van der Waals surface area contributed by atoms with Crippen molar-refractivity contribution in [1.29, 1.82) is 5.26 Å². The first-order chi connectivity index (χ1) is 7.90. The second-order valence-electron chi connectivity index (χ2n) is 3.47. The van der Waals surface area contributed by atoms with E-state index in [4.69, 9.17) is 10.00 Å². The molecule has 2 rings (SSSR count). The Balaban J connectivity index is 2.05. The van der Waals surface area contributed by atoms with Crippen molar-refractivity contribution in [1.82, 2.24) is 4.98 Å². The molecule has 0 saturated carbocycles. The van der Waals surface area contributed by atoms with E-state index in [0.717, 1.165) is 23.1 Å². The summed E-state index contributed by atoms with van der Waals surface area (Å²) in [7, 11) is 0. The predicted octanol–water partition coefficient (Wildman–Crippen LogP) is 2.92. The molecule has 3 heteroatoms. The van der Waals surface area contributed by atoms with E-state index in [1.54, 1.807) is 6.20 Å². The Morgan fingerprint density at radius 3 is 3.12 bits per heavy atom. The molecule has 1 aromatic heterocycles. The lowest BCUT2D eigenvalue weighted by molar-refractivity contribution is 0.313. The molecule has 0 saturated heterocycles. The summed E-state index contributed by atoms with van der Waals surface area (Å²) in [6.07, 6.45) is 3.06. The number of fused-ring (bicyclic) bond motifs is 1. The topological polar surface area (TPSA) is 45.9 Å². The molecule has 80 valence electrons. The zero-order valence-electron chi connectivity index (χ0n) is 8.89. The van der Waals surface area contributed by atoms with Crippen LogP contribution >= 0.6 is 0 Å². The lowest BCUT2D eigenvalue weighted by Crippen LogP contribution is -1.96. The molecule has 0 bridgehead atoms. The molecule has 0 aliphatic carbocycles. The maximum Gasteiger partial charge on any atom is 0.121 e. The van der Waals surface area contributed by atoms with Crippen molar-refractivity contribution >= 4 is 10.9 Å². The number of nitrogens with zero attached hydrogens (tertiary/aromatic N) is 2. The number of benzene rings is 1. The first-order valence-electron chi connectivity index (χ1n) is 5.25. The van der Waals surface area contributed by atoms with Crippen LogP contribution in [0.15, 0.2) is 36.5 Å². The van der Waals surface area contributed by atoms with Gasteiger partial charge in [0.05, 0.1) is 18.2 Å². The van der Waals surface area contributed by atoms with E-state index in [1.165, 1.54) is 0 Å². The number of unbranched alkanes of at least 4 members (excludes halogenated alkanes) is 1. The van der Waals surface area contributed by atoms with E-state index in [1.807, 2.05) is 30.3 Å². The third-order valence-corrected chi connectivity index (χ3v) is 2.28. The lowest BCUT2D eigenvalue weighted by atomic mass is 10.2. The van der Waals surface area contributed by atoms with Gasteiger partial charge in [-0.3, -0.25) is 4.98 Å². The normalized spacial score (nSPS) is 9.94. The molecule has 0 fully saturated rings. The highest BCUT2D eigenvalue weighted by Gasteiger charge is 1.97. The summed E-state index contributed by atoms with van der Waals surface area (Å²) < 4.78 is 5.53. The first-order valence-corrected chi connectivity index (χ1v) is 5.25. The zero-order chi connectivity index (χ0) is 11.2. The second-order valence-corrected chi connectivity index (χ2v) is 3.47. The molecule has 0 atom stereocenters. The number of pyridine rings is 1. The summed E-state index contributed by atoms with van der Waals surface area (Å²) in [5.41, 5.74) is 0.931. The maximum atomic E-state index is 8.39. The summed E-state index contributed by atoms with van der Waals surface area (Å²) in [5, 5.41) is 9.49. The molecule has 0 spiro atoms. The van der Waals surface area contributed by atoms with E-state index >= 15 is 0 Å². The van der Waals surface area contributed by atoms with Crippen LogP contribution in [0.1, 0.15) is 12.8 Å². The van der Waals surface area contributed by atoms with Gasteiger partial charge >= 0.3 is 0 Å². The third-order valence-electron chi connectivity index (χ3n) is 2.28. The Morgan fingerprint density at radius 2 is 2.25 bits per heavy atom. The van der Waals surface area contributed by atoms with Gasteiger partial charge < -0.3 is 4.74 Å². The molecular weight excluding hydrogens is 200 g/mol. The van der Waals surface area contributed by atoms with Gasteiger partial charge in [-0.05, 0) is 24.6 Å². The van der Waals surface area contributed by atoms with E-state index < -0.39 is 0 Å². The minimum absolute atomic E-state index is 0.534. The third kappa shape index (κ3) is 2.48. The average molecular weight is 212 g/mol. The summed E-state index contributed by atoms with van der Waals surface area (Å²) in [4.78, 5) is 4.25. The van der Waals surface area contributed by atoms with E-state index in [-0.39, 0.29) is 0 Å². The number of hydrogen-bond donors (Lipinski definition) is 0. The van der Waals surface area contributed by atoms with Crippen molar-refractivity contribution in [2.75, 3.05) is 6.61 Å². The molecule has 3 nitrogen and oxygen atoms in total. The van der Waals surface area contributed by atoms with Crippen LogP contribution in [-0.2, 0) is 0 Å². The zero-order valence-corrected chi connectivity index (χ0v) is 8.89. The Hall–Kier alpha value is -2.08. The van der Waals surface area contributed by atoms with Crippen molar-refractivity contribution in [3.8, 4) is 11.8 Å². The number of hydrogen-bond acceptors (Lipinski definition) is 3. The summed E-state index contributed by atoms with van der Waals surface area (Å²) in [6, 6.07) is 11.9. The van der Waals surface area contributed by atoms with Crippen LogP contribution in [0, 0.1) is 11.3 Å². The fourth-order valence-corrected chi connectivity index (χ4v) is 1.48. The minimum atomic E-state index is 0.534. The molecule has 0 aliphatic rings. The number of ether oxygens (including phenoxy) is 1. The highest BCUT2D eigenvalue weighted by atomic mass is 16.5. The van der Waals surface area contributed by atoms with Gasteiger partial charge in [0.2, 0.25) is 0 Å². The van der Waals surface area contributed by atoms with Gasteiger partial charge in [-0.15, -0.1) is 0 Å². The quantitative estimate of drug-likeness (QED) is 0.732. The van der Waals surface area contributed by atoms with Crippen LogP contribution in [0.4, 0.5) is 0 Å². The van der Waals surface area contributed by atoms with Crippen LogP contribution in [-0.4, -0.2) is 11.6 Å². The summed E-state index contributed by atoms with van der Waals surface area (Å²) >= 11 is 0. The van der Waals surface area contributed by atoms with Crippen molar-refractivity contribution < 1.29 is 4.74 Å². The molecular formula is C13H12N2O. The standard InChI is InChI=1S/C13H12N2O/c14-7-1-2-9-16-12-6-5-11-4-3-8-15-13(11)10-12/h3-6,8,10H,1-2,9H2. The van der Waals surface area contributed by atoms with Crippen molar-refractivity contribution in [2.45, 2.75) is 12.8 Å². The Kier molecular flexibility index (Phi) is 3.35. The fraction of sp³-hybridized carbons (Fsp3) is 0.231. The molecule has 1 heterocycles. The molecule has 0 N–H and O–H groups in total. The Labute approximate surface area is 94.3 Å². The van der Waals surface area contributed by atoms with Gasteiger partial charge in [-0.2, -0.15) is 5.26 Å². The molecule has 0 amide bonds. The highest BCUT2D eigenvalue weighted by Crippen LogP contribution is 2.18. The van der Waals surface area contributed by atoms with Gasteiger partial charge in [0, 0.05) is 24.1 Å². The van der Waals surface area contributed by atoms with Crippen molar-refractivity contribution in [3.05, 3.63) is 36.5 Å². The number of aromatic nitrogens is 1. The SMILES string of the molecule is N#CCCCOc1ccc2cccnc2c1. The van der Waals surface area contributed by atoms with Gasteiger partial charge in [-0.1, -0.05) is 6.07 Å². The molecule has 0 unspecified atom stereocenters. The number of nitriles is 1. The fourth-order valence-electron chi connectivity index (χ4n) is 1.48. The van der Waals surface area contributed by atoms with Crippen LogP contribution in [0.3, 0.4) is 0 Å². The van der Waals surface area contributed by atoms with E-state index in [2.05, 4.69) is 11.1 Å². The van der Waals surface area contributed by atoms with Gasteiger partial charge in [0.15, 0.2) is 0 Å². The molecule has 16 heavy (non-hydrogen) atoms. The Bertz CT molecular complexity index is 517. The van der Waals surface area contributed by atoms with E-state index in [9.17, 15) is 0 Å². The first kappa shape index (κ1) is 10.4. The summed E-state index contributed by atoms with van der Waals surface area (Å²) in [5.74, 6) is 0.809. The van der Waals surface area contributed by atoms with E-state index in [0.29, 0.717) is 13.0 Å². The monoisotopic (exact) mass is 212 g/mol. The van der Waals surface area contributed by atoms with Crippen LogP contribution < -0.4 is 4.74 Å². The smallest absolute Gasteiger partial charge is 0.121 e. The lowest BCUT2D eigenvalue weighted by Gasteiger charge is -2.05. The van der Waals surface area contributed by atoms with Crippen LogP contribution in [0.5, 0.6) is 5.75 Å². The van der Waals surface area contributed by atoms with Crippen molar-refractivity contribution in [2.24, 2.45) is 0 Å². The second kappa shape index (κ2) is 5.13. The van der Waals surface area contributed by atoms with Crippen LogP contribution in [0.2, 0.25) is 0 Å². The van der Waals surface area contributed by atoms with Gasteiger partial charge in [-0.25, -0.2) is 0 Å². The highest BCUT2D eigenvalue weighted by molar-refractivity contribution is 5.79. The maximum absolute atomic E-state index is 8.39. The molecule has 0 aliphatic heterocycles. The number of rotatable bonds is 4. The van der Waals surface area contributed by atoms with Gasteiger partial charge in [0.1, 0.15) is 5.75 Å². The average Bonchev–Trinajstić information content (AvgIpc) is 2.34. The molecule has 2 aromatic rings. The van der Waals surface area contributed by atoms with Crippen molar-refractivity contribution in [3.63, 3.8) is 0 Å². The molecule has 0 radical (unpaired) electrons.